The quantitative estimate of drug-likeness (QED) is 0.818. The molecule has 2 rings (SSSR count). The number of hydrogen-bond acceptors (Lipinski definition) is 4. The van der Waals surface area contributed by atoms with E-state index in [1.807, 2.05) is 6.92 Å². The molecule has 2 N–H and O–H groups in total. The molecule has 0 aromatic heterocycles. The van der Waals surface area contributed by atoms with Crippen LogP contribution in [0.4, 0.5) is 0 Å². The second-order valence-corrected chi connectivity index (χ2v) is 3.54. The molecule has 5 nitrogen and oxygen atoms in total. The second kappa shape index (κ2) is 3.92. The van der Waals surface area contributed by atoms with Gasteiger partial charge < -0.3 is 19.7 Å². The summed E-state index contributed by atoms with van der Waals surface area (Å²) in [6.07, 6.45) is 1.34. The van der Waals surface area contributed by atoms with Gasteiger partial charge in [0.2, 0.25) is 6.79 Å². The Morgan fingerprint density at radius 3 is 2.88 bits per heavy atom. The van der Waals surface area contributed by atoms with E-state index in [2.05, 4.69) is 0 Å². The Balaban J connectivity index is 2.60. The number of phenols is 1. The molecule has 1 aromatic rings. The highest BCUT2D eigenvalue weighted by molar-refractivity contribution is 5.92. The second-order valence-electron chi connectivity index (χ2n) is 3.54. The van der Waals surface area contributed by atoms with Crippen LogP contribution >= 0.6 is 0 Å². The van der Waals surface area contributed by atoms with E-state index in [0.29, 0.717) is 23.5 Å². The number of benzene rings is 1. The third-order valence-corrected chi connectivity index (χ3v) is 2.46. The topological polar surface area (TPSA) is 76.0 Å². The minimum Gasteiger partial charge on any atom is -0.507 e. The summed E-state index contributed by atoms with van der Waals surface area (Å²) in [5, 5.41) is 18.8. The van der Waals surface area contributed by atoms with Crippen molar-refractivity contribution in [3.05, 3.63) is 17.2 Å². The lowest BCUT2D eigenvalue weighted by molar-refractivity contribution is 0.0693. The van der Waals surface area contributed by atoms with Gasteiger partial charge in [0.05, 0.1) is 0 Å². The summed E-state index contributed by atoms with van der Waals surface area (Å²) in [5.41, 5.74) is 0.364. The zero-order chi connectivity index (χ0) is 11.7. The summed E-state index contributed by atoms with van der Waals surface area (Å²) < 4.78 is 10.4. The molecule has 0 amide bonds. The summed E-state index contributed by atoms with van der Waals surface area (Å²) in [6.45, 7) is 2.00. The van der Waals surface area contributed by atoms with Gasteiger partial charge in [-0.2, -0.15) is 0 Å². The molecule has 0 aliphatic carbocycles. The third-order valence-electron chi connectivity index (χ3n) is 2.46. The van der Waals surface area contributed by atoms with Gasteiger partial charge in [0.15, 0.2) is 11.5 Å². The van der Waals surface area contributed by atoms with Crippen molar-refractivity contribution in [2.24, 2.45) is 0 Å². The van der Waals surface area contributed by atoms with Crippen molar-refractivity contribution in [2.75, 3.05) is 6.79 Å². The molecule has 0 fully saturated rings. The Kier molecular flexibility index (Phi) is 2.60. The van der Waals surface area contributed by atoms with Crippen LogP contribution < -0.4 is 9.47 Å². The largest absolute Gasteiger partial charge is 0.507 e. The number of carboxylic acids is 1. The zero-order valence-electron chi connectivity index (χ0n) is 8.82. The molecule has 86 valence electrons. The van der Waals surface area contributed by atoms with E-state index in [4.69, 9.17) is 14.6 Å². The average molecular weight is 224 g/mol. The summed E-state index contributed by atoms with van der Waals surface area (Å²) in [4.78, 5) is 10.9. The normalized spacial score (nSPS) is 12.8. The van der Waals surface area contributed by atoms with Gasteiger partial charge >= 0.3 is 5.97 Å². The predicted molar refractivity (Wildman–Crippen MR) is 55.2 cm³/mol. The van der Waals surface area contributed by atoms with Crippen molar-refractivity contribution in [2.45, 2.75) is 19.8 Å². The molecular weight excluding hydrogens is 212 g/mol. The first-order valence-electron chi connectivity index (χ1n) is 5.02. The zero-order valence-corrected chi connectivity index (χ0v) is 8.82. The molecule has 1 aliphatic rings. The first-order chi connectivity index (χ1) is 7.65. The number of ether oxygens (including phenoxy) is 2. The lowest BCUT2D eigenvalue weighted by atomic mass is 10.0. The average Bonchev–Trinajstić information content (AvgIpc) is 2.69. The molecule has 1 aromatic carbocycles. The predicted octanol–water partition coefficient (Wildman–Crippen LogP) is 1.77. The van der Waals surface area contributed by atoms with Crippen molar-refractivity contribution < 1.29 is 24.5 Å². The van der Waals surface area contributed by atoms with Gasteiger partial charge in [0.1, 0.15) is 11.3 Å². The molecule has 0 bridgehead atoms. The SMILES string of the molecule is CCCc1c(O)c(C(=O)O)cc2c1OCO2. The van der Waals surface area contributed by atoms with Crippen LogP contribution in [0.1, 0.15) is 29.3 Å². The first-order valence-corrected chi connectivity index (χ1v) is 5.02. The molecule has 0 saturated carbocycles. The van der Waals surface area contributed by atoms with Crippen LogP contribution in [0.15, 0.2) is 6.07 Å². The van der Waals surface area contributed by atoms with Gasteiger partial charge in [-0.25, -0.2) is 4.79 Å². The third kappa shape index (κ3) is 1.54. The molecule has 1 heterocycles. The monoisotopic (exact) mass is 224 g/mol. The number of carboxylic acid groups (broad SMARTS) is 1. The molecule has 5 heteroatoms. The van der Waals surface area contributed by atoms with Crippen LogP contribution in [0.25, 0.3) is 0 Å². The van der Waals surface area contributed by atoms with Crippen molar-refractivity contribution in [3.63, 3.8) is 0 Å². The lowest BCUT2D eigenvalue weighted by Gasteiger charge is -2.09. The van der Waals surface area contributed by atoms with E-state index in [1.54, 1.807) is 0 Å². The van der Waals surface area contributed by atoms with Gasteiger partial charge in [-0.15, -0.1) is 0 Å². The van der Waals surface area contributed by atoms with Crippen LogP contribution in [0.2, 0.25) is 0 Å². The van der Waals surface area contributed by atoms with Gasteiger partial charge in [0, 0.05) is 11.6 Å². The van der Waals surface area contributed by atoms with Crippen LogP contribution in [0.3, 0.4) is 0 Å². The summed E-state index contributed by atoms with van der Waals surface area (Å²) >= 11 is 0. The van der Waals surface area contributed by atoms with E-state index in [0.717, 1.165) is 6.42 Å². The highest BCUT2D eigenvalue weighted by Gasteiger charge is 2.25. The fourth-order valence-corrected chi connectivity index (χ4v) is 1.75. The van der Waals surface area contributed by atoms with Crippen LogP contribution in [-0.2, 0) is 6.42 Å². The molecular formula is C11H12O5. The number of aromatic hydroxyl groups is 1. The Bertz CT molecular complexity index is 438. The van der Waals surface area contributed by atoms with Crippen molar-refractivity contribution >= 4 is 5.97 Å². The maximum Gasteiger partial charge on any atom is 0.339 e. The fraction of sp³-hybridized carbons (Fsp3) is 0.364. The van der Waals surface area contributed by atoms with Crippen molar-refractivity contribution in [1.29, 1.82) is 0 Å². The van der Waals surface area contributed by atoms with Gasteiger partial charge in [-0.1, -0.05) is 13.3 Å². The standard InChI is InChI=1S/C11H12O5/c1-2-3-6-9(12)7(11(13)14)4-8-10(6)16-5-15-8/h4,12H,2-3,5H2,1H3,(H,13,14). The van der Waals surface area contributed by atoms with Crippen LogP contribution in [0, 0.1) is 0 Å². The summed E-state index contributed by atoms with van der Waals surface area (Å²) in [5.74, 6) is -0.547. The molecule has 0 saturated heterocycles. The lowest BCUT2D eigenvalue weighted by Crippen LogP contribution is -2.00. The Hall–Kier alpha value is -1.91. The summed E-state index contributed by atoms with van der Waals surface area (Å²) in [6, 6.07) is 1.29. The fourth-order valence-electron chi connectivity index (χ4n) is 1.75. The summed E-state index contributed by atoms with van der Waals surface area (Å²) in [7, 11) is 0. The molecule has 0 spiro atoms. The van der Waals surface area contributed by atoms with E-state index < -0.39 is 5.97 Å². The minimum atomic E-state index is -1.17. The Labute approximate surface area is 92.2 Å². The van der Waals surface area contributed by atoms with Crippen LogP contribution in [-0.4, -0.2) is 23.0 Å². The number of aromatic carboxylic acids is 1. The molecule has 0 atom stereocenters. The molecule has 16 heavy (non-hydrogen) atoms. The van der Waals surface area contributed by atoms with Crippen molar-refractivity contribution in [3.8, 4) is 17.2 Å². The molecule has 0 radical (unpaired) electrons. The van der Waals surface area contributed by atoms with Gasteiger partial charge in [0.25, 0.3) is 0 Å². The van der Waals surface area contributed by atoms with Gasteiger partial charge in [-0.3, -0.25) is 0 Å². The molecule has 1 aliphatic heterocycles. The Morgan fingerprint density at radius 2 is 2.25 bits per heavy atom. The van der Waals surface area contributed by atoms with Crippen LogP contribution in [0.5, 0.6) is 17.2 Å². The maximum absolute atomic E-state index is 10.9. The smallest absolute Gasteiger partial charge is 0.339 e. The maximum atomic E-state index is 10.9. The highest BCUT2D eigenvalue weighted by Crippen LogP contribution is 2.43. The first kappa shape index (κ1) is 10.6. The highest BCUT2D eigenvalue weighted by atomic mass is 16.7. The number of rotatable bonds is 3. The van der Waals surface area contributed by atoms with Crippen molar-refractivity contribution in [1.82, 2.24) is 0 Å². The number of fused-ring (bicyclic) bond motifs is 1. The van der Waals surface area contributed by atoms with E-state index >= 15 is 0 Å². The number of hydrogen-bond donors (Lipinski definition) is 2. The minimum absolute atomic E-state index is 0.0640. The molecule has 0 unspecified atom stereocenters. The van der Waals surface area contributed by atoms with E-state index in [1.165, 1.54) is 6.07 Å². The Morgan fingerprint density at radius 1 is 1.50 bits per heavy atom. The van der Waals surface area contributed by atoms with Gasteiger partial charge in [-0.05, 0) is 6.42 Å². The van der Waals surface area contributed by atoms with E-state index in [9.17, 15) is 9.90 Å². The number of carbonyl (C=O) groups is 1. The van der Waals surface area contributed by atoms with E-state index in [-0.39, 0.29) is 18.1 Å².